The zero-order valence-corrected chi connectivity index (χ0v) is 13.6. The molecule has 3 aromatic heterocycles. The molecule has 4 nitrogen and oxygen atoms in total. The number of hydrogen-bond acceptors (Lipinski definition) is 2. The largest absolute Gasteiger partial charge is 0.325 e. The van der Waals surface area contributed by atoms with Crippen LogP contribution in [0.4, 0.5) is 4.39 Å². The van der Waals surface area contributed by atoms with Gasteiger partial charge in [-0.2, -0.15) is 0 Å². The zero-order valence-electron chi connectivity index (χ0n) is 13.6. The van der Waals surface area contributed by atoms with Crippen LogP contribution in [-0.2, 0) is 6.54 Å². The van der Waals surface area contributed by atoms with Crippen LogP contribution in [0.3, 0.4) is 0 Å². The zero-order chi connectivity index (χ0) is 16.7. The summed E-state index contributed by atoms with van der Waals surface area (Å²) >= 11 is 0. The molecule has 0 atom stereocenters. The quantitative estimate of drug-likeness (QED) is 0.572. The van der Waals surface area contributed by atoms with Gasteiger partial charge in [0, 0.05) is 29.8 Å². The second-order valence-electron chi connectivity index (χ2n) is 5.97. The molecule has 0 radical (unpaired) electrons. The van der Waals surface area contributed by atoms with Crippen molar-refractivity contribution in [2.45, 2.75) is 20.4 Å². The van der Waals surface area contributed by atoms with Crippen LogP contribution in [0.5, 0.6) is 0 Å². The molecular formula is C19H17FN4. The average molecular weight is 320 g/mol. The van der Waals surface area contributed by atoms with Crippen LogP contribution in [0.1, 0.15) is 17.0 Å². The van der Waals surface area contributed by atoms with E-state index < -0.39 is 0 Å². The Kier molecular flexibility index (Phi) is 3.41. The number of aromatic nitrogens is 4. The number of imidazole rings is 2. The van der Waals surface area contributed by atoms with Crippen LogP contribution in [-0.4, -0.2) is 18.9 Å². The van der Waals surface area contributed by atoms with E-state index in [9.17, 15) is 4.39 Å². The van der Waals surface area contributed by atoms with Gasteiger partial charge in [0.25, 0.3) is 0 Å². The number of aryl methyl sites for hydroxylation is 2. The molecule has 0 N–H and O–H groups in total. The summed E-state index contributed by atoms with van der Waals surface area (Å²) in [5.41, 5.74) is 4.97. The summed E-state index contributed by atoms with van der Waals surface area (Å²) < 4.78 is 17.6. The number of nitrogens with zero attached hydrogens (tertiary/aromatic N) is 4. The van der Waals surface area contributed by atoms with E-state index in [0.29, 0.717) is 6.54 Å². The number of rotatable bonds is 3. The van der Waals surface area contributed by atoms with E-state index in [0.717, 1.165) is 28.4 Å². The highest BCUT2D eigenvalue weighted by molar-refractivity contribution is 5.55. The van der Waals surface area contributed by atoms with Crippen molar-refractivity contribution in [2.24, 2.45) is 0 Å². The molecule has 4 rings (SSSR count). The molecule has 0 amide bonds. The Morgan fingerprint density at radius 3 is 2.83 bits per heavy atom. The standard InChI is InChI=1S/C19H17FN4/c1-13-6-7-18-22-17(14(2)24(18)11-13)12-23-9-8-21-19(23)15-4-3-5-16(20)10-15/h3-11H,12H2,1-2H3. The minimum absolute atomic E-state index is 0.263. The molecule has 0 saturated heterocycles. The summed E-state index contributed by atoms with van der Waals surface area (Å²) in [7, 11) is 0. The maximum Gasteiger partial charge on any atom is 0.140 e. The Labute approximate surface area is 139 Å². The Morgan fingerprint density at radius 2 is 2.00 bits per heavy atom. The molecule has 0 spiro atoms. The molecule has 1 aromatic carbocycles. The van der Waals surface area contributed by atoms with Crippen molar-refractivity contribution in [3.63, 3.8) is 0 Å². The summed E-state index contributed by atoms with van der Waals surface area (Å²) in [6.45, 7) is 4.72. The first-order valence-electron chi connectivity index (χ1n) is 7.83. The second kappa shape index (κ2) is 5.60. The summed E-state index contributed by atoms with van der Waals surface area (Å²) in [4.78, 5) is 9.10. The van der Waals surface area contributed by atoms with Crippen molar-refractivity contribution in [2.75, 3.05) is 0 Å². The summed E-state index contributed by atoms with van der Waals surface area (Å²) in [5.74, 6) is 0.476. The van der Waals surface area contributed by atoms with Gasteiger partial charge < -0.3 is 8.97 Å². The van der Waals surface area contributed by atoms with Crippen LogP contribution < -0.4 is 0 Å². The van der Waals surface area contributed by atoms with Crippen LogP contribution in [0.2, 0.25) is 0 Å². The van der Waals surface area contributed by atoms with Gasteiger partial charge in [0.15, 0.2) is 0 Å². The van der Waals surface area contributed by atoms with Gasteiger partial charge in [0.2, 0.25) is 0 Å². The lowest BCUT2D eigenvalue weighted by atomic mass is 10.2. The highest BCUT2D eigenvalue weighted by atomic mass is 19.1. The monoisotopic (exact) mass is 320 g/mol. The van der Waals surface area contributed by atoms with E-state index in [1.54, 1.807) is 12.3 Å². The molecule has 24 heavy (non-hydrogen) atoms. The predicted molar refractivity (Wildman–Crippen MR) is 91.4 cm³/mol. The van der Waals surface area contributed by atoms with Gasteiger partial charge in [-0.25, -0.2) is 14.4 Å². The topological polar surface area (TPSA) is 35.1 Å². The maximum atomic E-state index is 13.5. The Morgan fingerprint density at radius 1 is 1.12 bits per heavy atom. The molecule has 4 aromatic rings. The minimum Gasteiger partial charge on any atom is -0.325 e. The normalized spacial score (nSPS) is 11.3. The van der Waals surface area contributed by atoms with E-state index in [-0.39, 0.29) is 5.82 Å². The SMILES string of the molecule is Cc1ccc2nc(Cn3ccnc3-c3cccc(F)c3)c(C)n2c1. The number of pyridine rings is 1. The van der Waals surface area contributed by atoms with E-state index in [2.05, 4.69) is 35.5 Å². The third-order valence-electron chi connectivity index (χ3n) is 4.22. The minimum atomic E-state index is -0.263. The molecule has 0 saturated carbocycles. The summed E-state index contributed by atoms with van der Waals surface area (Å²) in [6.07, 6.45) is 5.72. The van der Waals surface area contributed by atoms with Crippen LogP contribution in [0.25, 0.3) is 17.0 Å². The van der Waals surface area contributed by atoms with Gasteiger partial charge in [-0.3, -0.25) is 0 Å². The van der Waals surface area contributed by atoms with Gasteiger partial charge >= 0.3 is 0 Å². The lowest BCUT2D eigenvalue weighted by Gasteiger charge is -2.07. The molecule has 0 unspecified atom stereocenters. The summed E-state index contributed by atoms with van der Waals surface area (Å²) in [5, 5.41) is 0. The van der Waals surface area contributed by atoms with Crippen molar-refractivity contribution in [1.82, 2.24) is 18.9 Å². The van der Waals surface area contributed by atoms with E-state index in [1.165, 1.54) is 17.7 Å². The molecule has 0 bridgehead atoms. The number of hydrogen-bond donors (Lipinski definition) is 0. The van der Waals surface area contributed by atoms with Gasteiger partial charge in [-0.05, 0) is 37.6 Å². The lowest BCUT2D eigenvalue weighted by molar-refractivity contribution is 0.628. The number of fused-ring (bicyclic) bond motifs is 1. The smallest absolute Gasteiger partial charge is 0.140 e. The van der Waals surface area contributed by atoms with Crippen molar-refractivity contribution in [1.29, 1.82) is 0 Å². The Bertz CT molecular complexity index is 1030. The van der Waals surface area contributed by atoms with Crippen LogP contribution in [0.15, 0.2) is 55.0 Å². The lowest BCUT2D eigenvalue weighted by Crippen LogP contribution is -2.03. The van der Waals surface area contributed by atoms with Crippen LogP contribution in [0, 0.1) is 19.7 Å². The fourth-order valence-corrected chi connectivity index (χ4v) is 2.95. The van der Waals surface area contributed by atoms with Crippen LogP contribution >= 0.6 is 0 Å². The van der Waals surface area contributed by atoms with Gasteiger partial charge in [0.1, 0.15) is 17.3 Å². The third-order valence-corrected chi connectivity index (χ3v) is 4.22. The van der Waals surface area contributed by atoms with Crippen molar-refractivity contribution in [3.05, 3.63) is 77.8 Å². The molecule has 120 valence electrons. The molecule has 0 aliphatic carbocycles. The van der Waals surface area contributed by atoms with E-state index in [4.69, 9.17) is 4.98 Å². The van der Waals surface area contributed by atoms with Crippen molar-refractivity contribution in [3.8, 4) is 11.4 Å². The number of benzene rings is 1. The molecular weight excluding hydrogens is 303 g/mol. The maximum absolute atomic E-state index is 13.5. The van der Waals surface area contributed by atoms with Crippen molar-refractivity contribution >= 4 is 5.65 Å². The third kappa shape index (κ3) is 2.48. The van der Waals surface area contributed by atoms with Gasteiger partial charge in [0.05, 0.1) is 12.2 Å². The fourth-order valence-electron chi connectivity index (χ4n) is 2.95. The first-order chi connectivity index (χ1) is 11.6. The number of halogens is 1. The highest BCUT2D eigenvalue weighted by Crippen LogP contribution is 2.21. The second-order valence-corrected chi connectivity index (χ2v) is 5.97. The summed E-state index contributed by atoms with van der Waals surface area (Å²) in [6, 6.07) is 10.6. The van der Waals surface area contributed by atoms with Crippen molar-refractivity contribution < 1.29 is 4.39 Å². The predicted octanol–water partition coefficient (Wildman–Crippen LogP) is 4.00. The Hall–Kier alpha value is -2.95. The fraction of sp³-hybridized carbons (Fsp3) is 0.158. The first-order valence-corrected chi connectivity index (χ1v) is 7.83. The van der Waals surface area contributed by atoms with E-state index in [1.807, 2.05) is 22.9 Å². The molecule has 0 aliphatic rings. The Balaban J connectivity index is 1.75. The average Bonchev–Trinajstić information content (AvgIpc) is 3.14. The van der Waals surface area contributed by atoms with E-state index >= 15 is 0 Å². The highest BCUT2D eigenvalue weighted by Gasteiger charge is 2.12. The molecule has 0 fully saturated rings. The van der Waals surface area contributed by atoms with Gasteiger partial charge in [-0.15, -0.1) is 0 Å². The first kappa shape index (κ1) is 14.6. The molecule has 0 aliphatic heterocycles. The molecule has 5 heteroatoms. The van der Waals surface area contributed by atoms with Gasteiger partial charge in [-0.1, -0.05) is 18.2 Å². The molecule has 3 heterocycles.